The van der Waals surface area contributed by atoms with Gasteiger partial charge in [0.15, 0.2) is 0 Å². The number of nitrogens with zero attached hydrogens (tertiary/aromatic N) is 6. The maximum absolute atomic E-state index is 10.4. The van der Waals surface area contributed by atoms with Gasteiger partial charge in [-0.15, -0.1) is 46.5 Å². The monoisotopic (exact) mass is 856 g/mol. The van der Waals surface area contributed by atoms with Crippen LogP contribution in [0.4, 0.5) is 5.69 Å². The van der Waals surface area contributed by atoms with Gasteiger partial charge < -0.3 is 14.2 Å². The van der Waals surface area contributed by atoms with Crippen molar-refractivity contribution in [3.05, 3.63) is 183 Å². The quantitative estimate of drug-likeness (QED) is 0.159. The molecule has 0 spiro atoms. The third-order valence-corrected chi connectivity index (χ3v) is 8.82. The Morgan fingerprint density at radius 3 is 1.13 bits per heavy atom. The minimum atomic E-state index is -0.627. The fourth-order valence-electron chi connectivity index (χ4n) is 6.55. The molecule has 1 aliphatic carbocycles. The summed E-state index contributed by atoms with van der Waals surface area (Å²) in [5, 5.41) is 20.7. The van der Waals surface area contributed by atoms with E-state index in [0.717, 1.165) is 0 Å². The summed E-state index contributed by atoms with van der Waals surface area (Å²) in [7, 11) is 4.75. The molecule has 0 aliphatic heterocycles. The van der Waals surface area contributed by atoms with Crippen molar-refractivity contribution in [3.63, 3.8) is 0 Å². The molecule has 6 bridgehead atoms. The molecule has 0 saturated heterocycles. The van der Waals surface area contributed by atoms with Crippen LogP contribution in [-0.4, -0.2) is 36.3 Å². The maximum atomic E-state index is 10.4. The molecule has 1 aliphatic rings. The summed E-state index contributed by atoms with van der Waals surface area (Å²) in [6.45, 7) is 8.11. The molecule has 0 N–H and O–H groups in total. The molecule has 6 aromatic rings. The zero-order valence-corrected chi connectivity index (χ0v) is 30.5. The number of nitriles is 2. The Kier molecular flexibility index (Phi) is 10.4. The number of hydrogen-bond acceptors (Lipinski definition) is 8. The van der Waals surface area contributed by atoms with Crippen LogP contribution in [0.15, 0.2) is 91.4 Å². The first-order valence-electron chi connectivity index (χ1n) is 15.8. The van der Waals surface area contributed by atoms with E-state index in [2.05, 4.69) is 35.2 Å². The summed E-state index contributed by atoms with van der Waals surface area (Å²) in [6, 6.07) is 36.9. The number of rotatable bonds is 6. The third kappa shape index (κ3) is 6.84. The van der Waals surface area contributed by atoms with Crippen molar-refractivity contribution in [1.82, 2.24) is 15.0 Å². The topological polar surface area (TPSA) is 118 Å². The molecule has 3 aromatic carbocycles. The second-order valence-electron chi connectivity index (χ2n) is 11.8. The summed E-state index contributed by atoms with van der Waals surface area (Å²) in [5.74, 6) is -0.0985. The molecular weight excluding hydrogens is 829 g/mol. The van der Waals surface area contributed by atoms with Crippen LogP contribution >= 0.6 is 0 Å². The summed E-state index contributed by atoms with van der Waals surface area (Å²) in [4.78, 5) is 18.1. The Balaban J connectivity index is 0.00000464. The van der Waals surface area contributed by atoms with E-state index in [-0.39, 0.29) is 20.1 Å². The van der Waals surface area contributed by atoms with Crippen molar-refractivity contribution in [2.45, 2.75) is 17.8 Å². The molecule has 0 fully saturated rings. The molecule has 10 heteroatoms. The molecule has 0 radical (unpaired) electrons. The molecule has 2 unspecified atom stereocenters. The molecule has 3 aromatic heterocycles. The number of hydrogen-bond donors (Lipinski definition) is 0. The molecule has 9 nitrogen and oxygen atoms in total. The van der Waals surface area contributed by atoms with Gasteiger partial charge in [0, 0.05) is 54.5 Å². The van der Waals surface area contributed by atoms with Crippen LogP contribution in [0.5, 0.6) is 17.2 Å². The first kappa shape index (κ1) is 35.5. The first-order chi connectivity index (χ1) is 24.9. The predicted octanol–water partition coefficient (Wildman–Crippen LogP) is 7.44. The summed E-state index contributed by atoms with van der Waals surface area (Å²) in [5.41, 5.74) is 6.68. The Hall–Kier alpha value is -6.37. The van der Waals surface area contributed by atoms with Crippen molar-refractivity contribution in [3.8, 4) is 29.4 Å². The zero-order valence-electron chi connectivity index (χ0n) is 28.1. The van der Waals surface area contributed by atoms with Crippen molar-refractivity contribution in [2.75, 3.05) is 21.3 Å². The number of benzene rings is 3. The predicted molar refractivity (Wildman–Crippen MR) is 187 cm³/mol. The molecule has 2 atom stereocenters. The average molecular weight is 856 g/mol. The van der Waals surface area contributed by atoms with Crippen LogP contribution in [0.2, 0.25) is 0 Å². The summed E-state index contributed by atoms with van der Waals surface area (Å²) < 4.78 is 16.8. The summed E-state index contributed by atoms with van der Waals surface area (Å²) >= 11 is 0. The van der Waals surface area contributed by atoms with Gasteiger partial charge in [0.1, 0.15) is 17.2 Å². The van der Waals surface area contributed by atoms with Gasteiger partial charge in [0.25, 0.3) is 0 Å². The Morgan fingerprint density at radius 1 is 0.558 bits per heavy atom. The molecule has 3 heterocycles. The van der Waals surface area contributed by atoms with Gasteiger partial charge in [-0.2, -0.15) is 52.0 Å². The van der Waals surface area contributed by atoms with Crippen molar-refractivity contribution < 1.29 is 34.3 Å². The van der Waals surface area contributed by atoms with Crippen LogP contribution in [-0.2, 0) is 20.1 Å². The van der Waals surface area contributed by atoms with E-state index in [9.17, 15) is 10.5 Å². The number of fused-ring (bicyclic) bond motifs is 6. The number of pyridine rings is 3. The Labute approximate surface area is 315 Å². The van der Waals surface area contributed by atoms with Crippen LogP contribution < -0.4 is 14.2 Å². The second-order valence-corrected chi connectivity index (χ2v) is 11.8. The molecule has 7 rings (SSSR count). The SMILES string of the molecule is [C-]#[N+]c1cc2[c-]c(c1)C(c1cc(OC)ccn1)c1[c-]c(cc(C#N)c1)C(c1cc(OC)ccn1)c1[c-]c(cc(C#N)c1)C2c1cc(OC)ccn1.[Ir+3]. The van der Waals surface area contributed by atoms with Crippen LogP contribution in [0.1, 0.15) is 79.3 Å². The van der Waals surface area contributed by atoms with Gasteiger partial charge in [0.05, 0.1) is 62.8 Å². The molecule has 0 saturated carbocycles. The van der Waals surface area contributed by atoms with Crippen LogP contribution in [0.25, 0.3) is 4.85 Å². The van der Waals surface area contributed by atoms with E-state index in [0.29, 0.717) is 84.5 Å². The normalized spacial score (nSPS) is 15.6. The fourth-order valence-corrected chi connectivity index (χ4v) is 6.55. The van der Waals surface area contributed by atoms with Crippen molar-refractivity contribution in [1.29, 1.82) is 10.5 Å². The van der Waals surface area contributed by atoms with Gasteiger partial charge in [0.2, 0.25) is 0 Å². The second kappa shape index (κ2) is 15.3. The fraction of sp³-hybridized carbons (Fsp3) is 0.143. The van der Waals surface area contributed by atoms with E-state index in [1.54, 1.807) is 94.5 Å². The van der Waals surface area contributed by atoms with E-state index in [1.807, 2.05) is 18.2 Å². The number of aromatic nitrogens is 3. The van der Waals surface area contributed by atoms with Gasteiger partial charge in [-0.3, -0.25) is 19.8 Å². The van der Waals surface area contributed by atoms with E-state index in [1.165, 1.54) is 0 Å². The average Bonchev–Trinajstić information content (AvgIpc) is 3.18. The minimum Gasteiger partial charge on any atom is -0.497 e. The standard InChI is InChI=1S/C42H27N6O3.Ir/c1-45-33-18-31-17-32(19-33)42(39-22-36(51-4)7-10-48-39)30-14-26(24-44)12-28(16-30)40(37-20-34(49-2)5-8-46-37)27-11-25(23-43)13-29(15-27)41(31)38-21-35(50-3)6-9-47-38;/h5-14,18-22,40-42H,2-4H3;/q-3;+3. The van der Waals surface area contributed by atoms with Gasteiger partial charge in [-0.25, -0.2) is 0 Å². The van der Waals surface area contributed by atoms with Gasteiger partial charge in [-0.05, 0) is 18.2 Å². The van der Waals surface area contributed by atoms with Crippen LogP contribution in [0, 0.1) is 47.4 Å². The molecular formula is C42H27IrN6O3. The zero-order chi connectivity index (χ0) is 35.5. The Bertz CT molecular complexity index is 2090. The van der Waals surface area contributed by atoms with E-state index >= 15 is 0 Å². The first-order valence-corrected chi connectivity index (χ1v) is 15.8. The largest absolute Gasteiger partial charge is 3.00 e. The van der Waals surface area contributed by atoms with Crippen molar-refractivity contribution in [2.24, 2.45) is 0 Å². The van der Waals surface area contributed by atoms with E-state index in [4.69, 9.17) is 35.7 Å². The number of ether oxygens (including phenoxy) is 3. The van der Waals surface area contributed by atoms with E-state index < -0.39 is 17.8 Å². The Morgan fingerprint density at radius 2 is 0.865 bits per heavy atom. The van der Waals surface area contributed by atoms with Crippen molar-refractivity contribution >= 4 is 5.69 Å². The smallest absolute Gasteiger partial charge is 0.497 e. The minimum absolute atomic E-state index is 0. The third-order valence-electron chi connectivity index (χ3n) is 8.82. The van der Waals surface area contributed by atoms with Gasteiger partial charge >= 0.3 is 20.1 Å². The molecule has 252 valence electrons. The maximum Gasteiger partial charge on any atom is 3.00 e. The number of methoxy groups -OCH3 is 3. The molecule has 0 amide bonds. The van der Waals surface area contributed by atoms with Gasteiger partial charge in [-0.1, -0.05) is 11.1 Å². The van der Waals surface area contributed by atoms with Crippen LogP contribution in [0.3, 0.4) is 0 Å². The summed E-state index contributed by atoms with van der Waals surface area (Å²) in [6.07, 6.45) is 4.98. The molecule has 52 heavy (non-hydrogen) atoms.